The van der Waals surface area contributed by atoms with E-state index in [0.717, 1.165) is 6.42 Å². The highest BCUT2D eigenvalue weighted by Gasteiger charge is 2.53. The van der Waals surface area contributed by atoms with Crippen LogP contribution < -0.4 is 11.4 Å². The van der Waals surface area contributed by atoms with E-state index in [1.165, 1.54) is 4.57 Å². The third kappa shape index (κ3) is 1.81. The second-order valence-electron chi connectivity index (χ2n) is 4.37. The van der Waals surface area contributed by atoms with E-state index in [9.17, 15) is 9.90 Å². The summed E-state index contributed by atoms with van der Waals surface area (Å²) in [6.07, 6.45) is 2.30. The van der Waals surface area contributed by atoms with Crippen LogP contribution in [0.3, 0.4) is 0 Å². The van der Waals surface area contributed by atoms with Gasteiger partial charge in [-0.05, 0) is 18.4 Å². The number of aliphatic hydroxyl groups is 2. The summed E-state index contributed by atoms with van der Waals surface area (Å²) in [4.78, 5) is 15.1. The van der Waals surface area contributed by atoms with Crippen LogP contribution >= 0.6 is 0 Å². The van der Waals surface area contributed by atoms with Crippen LogP contribution in [0.1, 0.15) is 6.42 Å². The SMILES string of the molecule is Nc1ccn(C[C@@]2(CO)C[C@@H]2CO)c(=O)n1. The number of nitrogens with two attached hydrogens (primary N) is 1. The van der Waals surface area contributed by atoms with E-state index in [2.05, 4.69) is 4.98 Å². The zero-order valence-electron chi connectivity index (χ0n) is 8.83. The maximum Gasteiger partial charge on any atom is 0.349 e. The molecule has 0 amide bonds. The molecule has 16 heavy (non-hydrogen) atoms. The summed E-state index contributed by atoms with van der Waals surface area (Å²) in [7, 11) is 0. The van der Waals surface area contributed by atoms with Gasteiger partial charge in [0.15, 0.2) is 0 Å². The minimum atomic E-state index is -0.420. The zero-order chi connectivity index (χ0) is 11.8. The predicted molar refractivity (Wildman–Crippen MR) is 57.6 cm³/mol. The third-order valence-corrected chi connectivity index (χ3v) is 3.28. The second-order valence-corrected chi connectivity index (χ2v) is 4.37. The van der Waals surface area contributed by atoms with E-state index in [1.807, 2.05) is 0 Å². The first-order valence-corrected chi connectivity index (χ1v) is 5.16. The highest BCUT2D eigenvalue weighted by atomic mass is 16.3. The Bertz CT molecular complexity index is 445. The fourth-order valence-corrected chi connectivity index (χ4v) is 2.03. The molecule has 0 saturated heterocycles. The van der Waals surface area contributed by atoms with Gasteiger partial charge in [0.25, 0.3) is 0 Å². The molecule has 1 aromatic heterocycles. The molecule has 2 atom stereocenters. The molecule has 0 unspecified atom stereocenters. The molecule has 0 bridgehead atoms. The van der Waals surface area contributed by atoms with E-state index < -0.39 is 5.69 Å². The molecule has 1 aliphatic rings. The van der Waals surface area contributed by atoms with Crippen molar-refractivity contribution in [2.24, 2.45) is 11.3 Å². The van der Waals surface area contributed by atoms with Crippen molar-refractivity contribution >= 4 is 5.82 Å². The van der Waals surface area contributed by atoms with Gasteiger partial charge in [-0.2, -0.15) is 4.98 Å². The van der Waals surface area contributed by atoms with Crippen LogP contribution in [-0.2, 0) is 6.54 Å². The van der Waals surface area contributed by atoms with Gasteiger partial charge in [-0.15, -0.1) is 0 Å². The summed E-state index contributed by atoms with van der Waals surface area (Å²) in [5, 5.41) is 18.3. The summed E-state index contributed by atoms with van der Waals surface area (Å²) < 4.78 is 1.42. The number of nitrogens with zero attached hydrogens (tertiary/aromatic N) is 2. The van der Waals surface area contributed by atoms with E-state index in [4.69, 9.17) is 10.8 Å². The van der Waals surface area contributed by atoms with E-state index >= 15 is 0 Å². The molecule has 0 spiro atoms. The van der Waals surface area contributed by atoms with Crippen molar-refractivity contribution < 1.29 is 10.2 Å². The number of rotatable bonds is 4. The van der Waals surface area contributed by atoms with Crippen LogP contribution in [-0.4, -0.2) is 33.0 Å². The van der Waals surface area contributed by atoms with Crippen LogP contribution in [0.15, 0.2) is 17.1 Å². The fourth-order valence-electron chi connectivity index (χ4n) is 2.03. The molecule has 6 heteroatoms. The highest BCUT2D eigenvalue weighted by molar-refractivity contribution is 5.23. The van der Waals surface area contributed by atoms with Crippen molar-refractivity contribution in [3.63, 3.8) is 0 Å². The summed E-state index contributed by atoms with van der Waals surface area (Å²) >= 11 is 0. The van der Waals surface area contributed by atoms with E-state index in [0.29, 0.717) is 6.54 Å². The summed E-state index contributed by atoms with van der Waals surface area (Å²) in [6.45, 7) is 0.383. The van der Waals surface area contributed by atoms with Crippen molar-refractivity contribution in [3.8, 4) is 0 Å². The lowest BCUT2D eigenvalue weighted by molar-refractivity contribution is 0.156. The Labute approximate surface area is 92.4 Å². The molecule has 1 saturated carbocycles. The average molecular weight is 225 g/mol. The molecule has 1 aromatic rings. The highest BCUT2D eigenvalue weighted by Crippen LogP contribution is 2.52. The van der Waals surface area contributed by atoms with Gasteiger partial charge < -0.3 is 15.9 Å². The Hall–Kier alpha value is -1.40. The minimum Gasteiger partial charge on any atom is -0.396 e. The summed E-state index contributed by atoms with van der Waals surface area (Å²) in [5.41, 5.74) is 4.59. The van der Waals surface area contributed by atoms with Crippen LogP contribution in [0.5, 0.6) is 0 Å². The number of aliphatic hydroxyl groups excluding tert-OH is 2. The predicted octanol–water partition coefficient (Wildman–Crippen LogP) is -1.18. The first-order valence-electron chi connectivity index (χ1n) is 5.16. The third-order valence-electron chi connectivity index (χ3n) is 3.28. The lowest BCUT2D eigenvalue weighted by atomic mass is 10.1. The van der Waals surface area contributed by atoms with E-state index in [1.54, 1.807) is 12.3 Å². The van der Waals surface area contributed by atoms with Crippen molar-refractivity contribution in [3.05, 3.63) is 22.7 Å². The van der Waals surface area contributed by atoms with Crippen LogP contribution in [0, 0.1) is 11.3 Å². The van der Waals surface area contributed by atoms with E-state index in [-0.39, 0.29) is 30.4 Å². The Morgan fingerprint density at radius 2 is 2.38 bits per heavy atom. The van der Waals surface area contributed by atoms with Crippen LogP contribution in [0.25, 0.3) is 0 Å². The largest absolute Gasteiger partial charge is 0.396 e. The lowest BCUT2D eigenvalue weighted by Gasteiger charge is -2.15. The van der Waals surface area contributed by atoms with Gasteiger partial charge in [-0.1, -0.05) is 0 Å². The van der Waals surface area contributed by atoms with Gasteiger partial charge in [0.1, 0.15) is 5.82 Å². The molecule has 1 fully saturated rings. The second kappa shape index (κ2) is 3.88. The molecule has 4 N–H and O–H groups in total. The number of anilines is 1. The maximum atomic E-state index is 11.5. The van der Waals surface area contributed by atoms with Crippen LogP contribution in [0.2, 0.25) is 0 Å². The Morgan fingerprint density at radius 3 is 2.88 bits per heavy atom. The van der Waals surface area contributed by atoms with Crippen molar-refractivity contribution in [2.75, 3.05) is 18.9 Å². The molecular weight excluding hydrogens is 210 g/mol. The van der Waals surface area contributed by atoms with Gasteiger partial charge in [-0.3, -0.25) is 4.57 Å². The topological polar surface area (TPSA) is 101 Å². The average Bonchev–Trinajstić information content (AvgIpc) is 2.97. The summed E-state index contributed by atoms with van der Waals surface area (Å²) in [6, 6.07) is 1.54. The molecule has 0 radical (unpaired) electrons. The molecule has 88 valence electrons. The molecule has 1 aliphatic carbocycles. The maximum absolute atomic E-state index is 11.5. The standard InChI is InChI=1S/C10H15N3O3/c11-8-1-2-13(9(16)12-8)5-10(6-15)3-7(10)4-14/h1-2,7,14-15H,3-6H2,(H2,11,12,16)/t7-,10-/m1/s1. The molecule has 0 aromatic carbocycles. The number of hydrogen-bond acceptors (Lipinski definition) is 5. The van der Waals surface area contributed by atoms with Gasteiger partial charge in [0.05, 0.1) is 6.61 Å². The number of aromatic nitrogens is 2. The quantitative estimate of drug-likeness (QED) is 0.598. The van der Waals surface area contributed by atoms with Gasteiger partial charge in [0, 0.05) is 24.8 Å². The minimum absolute atomic E-state index is 0.0327. The molecule has 0 aliphatic heterocycles. The molecule has 2 rings (SSSR count). The number of hydrogen-bond donors (Lipinski definition) is 3. The molecule has 6 nitrogen and oxygen atoms in total. The van der Waals surface area contributed by atoms with Crippen LogP contribution in [0.4, 0.5) is 5.82 Å². The normalized spacial score (nSPS) is 28.0. The Morgan fingerprint density at radius 1 is 1.62 bits per heavy atom. The first kappa shape index (κ1) is 11.1. The Kier molecular flexibility index (Phi) is 2.69. The summed E-state index contributed by atoms with van der Waals surface area (Å²) in [5.74, 6) is 0.260. The monoisotopic (exact) mass is 225 g/mol. The van der Waals surface area contributed by atoms with Crippen molar-refractivity contribution in [1.82, 2.24) is 9.55 Å². The van der Waals surface area contributed by atoms with Gasteiger partial charge >= 0.3 is 5.69 Å². The van der Waals surface area contributed by atoms with Gasteiger partial charge in [-0.25, -0.2) is 4.79 Å². The lowest BCUT2D eigenvalue weighted by Crippen LogP contribution is -2.29. The van der Waals surface area contributed by atoms with Crippen molar-refractivity contribution in [1.29, 1.82) is 0 Å². The number of nitrogen functional groups attached to an aromatic ring is 1. The zero-order valence-corrected chi connectivity index (χ0v) is 8.83. The van der Waals surface area contributed by atoms with Crippen molar-refractivity contribution in [2.45, 2.75) is 13.0 Å². The molecular formula is C10H15N3O3. The fraction of sp³-hybridized carbons (Fsp3) is 0.600. The first-order chi connectivity index (χ1) is 7.61. The Balaban J connectivity index is 2.18. The van der Waals surface area contributed by atoms with Gasteiger partial charge in [0.2, 0.25) is 0 Å². The molecule has 1 heterocycles. The smallest absolute Gasteiger partial charge is 0.349 e.